The molecule has 1 nitrogen and oxygen atoms in total. The molecule has 1 rings (SSSR count). The zero-order valence-corrected chi connectivity index (χ0v) is 10.9. The Morgan fingerprint density at radius 3 is 2.00 bits per heavy atom. The molecule has 0 spiro atoms. The summed E-state index contributed by atoms with van der Waals surface area (Å²) < 4.78 is 0. The van der Waals surface area contributed by atoms with Crippen molar-refractivity contribution >= 4 is 0 Å². The standard InChI is InChI=1S/C15H24O/c1-5-14(12(4)16)10-13-6-8-15(9-7-13)11(2)3/h6-9,11-12,14,16H,5,10H2,1-4H3. The average molecular weight is 220 g/mol. The van der Waals surface area contributed by atoms with Gasteiger partial charge in [-0.15, -0.1) is 0 Å². The smallest absolute Gasteiger partial charge is 0.0543 e. The van der Waals surface area contributed by atoms with E-state index >= 15 is 0 Å². The summed E-state index contributed by atoms with van der Waals surface area (Å²) in [6.45, 7) is 8.44. The summed E-state index contributed by atoms with van der Waals surface area (Å²) in [4.78, 5) is 0. The third-order valence-electron chi connectivity index (χ3n) is 3.35. The maximum absolute atomic E-state index is 9.62. The largest absolute Gasteiger partial charge is 0.393 e. The molecule has 90 valence electrons. The van der Waals surface area contributed by atoms with Gasteiger partial charge in [0.1, 0.15) is 0 Å². The fourth-order valence-corrected chi connectivity index (χ4v) is 2.00. The normalized spacial score (nSPS) is 15.1. The van der Waals surface area contributed by atoms with Crippen LogP contribution in [0.5, 0.6) is 0 Å². The quantitative estimate of drug-likeness (QED) is 0.801. The fourth-order valence-electron chi connectivity index (χ4n) is 2.00. The molecule has 1 aromatic rings. The maximum Gasteiger partial charge on any atom is 0.0543 e. The lowest BCUT2D eigenvalue weighted by atomic mass is 9.91. The zero-order valence-electron chi connectivity index (χ0n) is 10.9. The van der Waals surface area contributed by atoms with Gasteiger partial charge in [0.15, 0.2) is 0 Å². The molecule has 2 unspecified atom stereocenters. The number of hydrogen-bond donors (Lipinski definition) is 1. The van der Waals surface area contributed by atoms with Gasteiger partial charge in [0, 0.05) is 0 Å². The van der Waals surface area contributed by atoms with Crippen molar-refractivity contribution in [3.63, 3.8) is 0 Å². The van der Waals surface area contributed by atoms with E-state index in [2.05, 4.69) is 45.0 Å². The minimum atomic E-state index is -0.213. The van der Waals surface area contributed by atoms with E-state index in [0.717, 1.165) is 12.8 Å². The Labute approximate surface area is 99.5 Å². The van der Waals surface area contributed by atoms with E-state index in [9.17, 15) is 5.11 Å². The summed E-state index contributed by atoms with van der Waals surface area (Å²) in [5.74, 6) is 0.970. The molecular weight excluding hydrogens is 196 g/mol. The van der Waals surface area contributed by atoms with Crippen LogP contribution < -0.4 is 0 Å². The summed E-state index contributed by atoms with van der Waals surface area (Å²) in [5, 5.41) is 9.62. The number of aliphatic hydroxyl groups excluding tert-OH is 1. The van der Waals surface area contributed by atoms with Gasteiger partial charge in [0.05, 0.1) is 6.10 Å². The highest BCUT2D eigenvalue weighted by Crippen LogP contribution is 2.19. The van der Waals surface area contributed by atoms with Gasteiger partial charge in [-0.1, -0.05) is 51.5 Å². The van der Waals surface area contributed by atoms with Crippen molar-refractivity contribution in [1.82, 2.24) is 0 Å². The summed E-state index contributed by atoms with van der Waals surface area (Å²) in [7, 11) is 0. The summed E-state index contributed by atoms with van der Waals surface area (Å²) in [6, 6.07) is 8.80. The lowest BCUT2D eigenvalue weighted by molar-refractivity contribution is 0.123. The monoisotopic (exact) mass is 220 g/mol. The van der Waals surface area contributed by atoms with Crippen molar-refractivity contribution in [3.05, 3.63) is 35.4 Å². The zero-order chi connectivity index (χ0) is 12.1. The third kappa shape index (κ3) is 3.64. The Balaban J connectivity index is 2.67. The van der Waals surface area contributed by atoms with Gasteiger partial charge in [-0.05, 0) is 36.3 Å². The lowest BCUT2D eigenvalue weighted by Crippen LogP contribution is -2.18. The fraction of sp³-hybridized carbons (Fsp3) is 0.600. The van der Waals surface area contributed by atoms with Gasteiger partial charge in [0.25, 0.3) is 0 Å². The molecule has 0 amide bonds. The van der Waals surface area contributed by atoms with Gasteiger partial charge >= 0.3 is 0 Å². The van der Waals surface area contributed by atoms with Gasteiger partial charge < -0.3 is 5.11 Å². The van der Waals surface area contributed by atoms with Crippen LogP contribution >= 0.6 is 0 Å². The van der Waals surface area contributed by atoms with E-state index in [-0.39, 0.29) is 6.10 Å². The van der Waals surface area contributed by atoms with Crippen molar-refractivity contribution in [1.29, 1.82) is 0 Å². The van der Waals surface area contributed by atoms with Gasteiger partial charge in [-0.2, -0.15) is 0 Å². The summed E-state index contributed by atoms with van der Waals surface area (Å²) in [6.07, 6.45) is 1.80. The molecule has 2 atom stereocenters. The van der Waals surface area contributed by atoms with E-state index in [1.807, 2.05) is 6.92 Å². The Kier molecular flexibility index (Phi) is 5.01. The van der Waals surface area contributed by atoms with Gasteiger partial charge in [-0.25, -0.2) is 0 Å². The van der Waals surface area contributed by atoms with Crippen LogP contribution in [0.1, 0.15) is 51.2 Å². The maximum atomic E-state index is 9.62. The molecular formula is C15H24O. The molecule has 0 saturated carbocycles. The molecule has 0 radical (unpaired) electrons. The minimum Gasteiger partial charge on any atom is -0.393 e. The summed E-state index contributed by atoms with van der Waals surface area (Å²) in [5.41, 5.74) is 2.71. The SMILES string of the molecule is CCC(Cc1ccc(C(C)C)cc1)C(C)O. The molecule has 0 aliphatic heterocycles. The van der Waals surface area contributed by atoms with Crippen LogP contribution in [0, 0.1) is 5.92 Å². The minimum absolute atomic E-state index is 0.213. The molecule has 0 saturated heterocycles. The predicted molar refractivity (Wildman–Crippen MR) is 69.7 cm³/mol. The number of aliphatic hydroxyl groups is 1. The van der Waals surface area contributed by atoms with E-state index in [0.29, 0.717) is 11.8 Å². The molecule has 0 aliphatic rings. The van der Waals surface area contributed by atoms with Crippen LogP contribution in [-0.4, -0.2) is 11.2 Å². The Bertz CT molecular complexity index is 298. The Morgan fingerprint density at radius 2 is 1.62 bits per heavy atom. The number of hydrogen-bond acceptors (Lipinski definition) is 1. The Morgan fingerprint density at radius 1 is 1.06 bits per heavy atom. The summed E-state index contributed by atoms with van der Waals surface area (Å²) >= 11 is 0. The molecule has 0 aliphatic carbocycles. The Hall–Kier alpha value is -0.820. The number of benzene rings is 1. The first-order chi connectivity index (χ1) is 7.54. The molecule has 0 bridgehead atoms. The highest BCUT2D eigenvalue weighted by atomic mass is 16.3. The first-order valence-electron chi connectivity index (χ1n) is 6.31. The lowest BCUT2D eigenvalue weighted by Gasteiger charge is -2.18. The van der Waals surface area contributed by atoms with Crippen LogP contribution in [-0.2, 0) is 6.42 Å². The van der Waals surface area contributed by atoms with Gasteiger partial charge in [0.2, 0.25) is 0 Å². The first-order valence-corrected chi connectivity index (χ1v) is 6.31. The van der Waals surface area contributed by atoms with Gasteiger partial charge in [-0.3, -0.25) is 0 Å². The second kappa shape index (κ2) is 6.05. The predicted octanol–water partition coefficient (Wildman–Crippen LogP) is 3.76. The molecule has 1 N–H and O–H groups in total. The topological polar surface area (TPSA) is 20.2 Å². The first kappa shape index (κ1) is 13.2. The van der Waals surface area contributed by atoms with E-state index < -0.39 is 0 Å². The van der Waals surface area contributed by atoms with Crippen LogP contribution in [0.25, 0.3) is 0 Å². The van der Waals surface area contributed by atoms with Crippen LogP contribution in [0.4, 0.5) is 0 Å². The molecule has 0 aromatic heterocycles. The van der Waals surface area contributed by atoms with E-state index in [4.69, 9.17) is 0 Å². The van der Waals surface area contributed by atoms with Crippen molar-refractivity contribution in [2.24, 2.45) is 5.92 Å². The van der Waals surface area contributed by atoms with Crippen molar-refractivity contribution in [2.45, 2.75) is 52.6 Å². The van der Waals surface area contributed by atoms with Crippen molar-refractivity contribution in [3.8, 4) is 0 Å². The molecule has 0 heterocycles. The van der Waals surface area contributed by atoms with Crippen molar-refractivity contribution in [2.75, 3.05) is 0 Å². The van der Waals surface area contributed by atoms with E-state index in [1.165, 1.54) is 11.1 Å². The van der Waals surface area contributed by atoms with Crippen LogP contribution in [0.15, 0.2) is 24.3 Å². The molecule has 1 aromatic carbocycles. The second-order valence-corrected chi connectivity index (χ2v) is 5.01. The average Bonchev–Trinajstić information content (AvgIpc) is 2.26. The third-order valence-corrected chi connectivity index (χ3v) is 3.35. The molecule has 0 fully saturated rings. The second-order valence-electron chi connectivity index (χ2n) is 5.01. The van der Waals surface area contributed by atoms with E-state index in [1.54, 1.807) is 0 Å². The number of rotatable bonds is 5. The van der Waals surface area contributed by atoms with Crippen LogP contribution in [0.2, 0.25) is 0 Å². The van der Waals surface area contributed by atoms with Crippen molar-refractivity contribution < 1.29 is 5.11 Å². The highest BCUT2D eigenvalue weighted by Gasteiger charge is 2.13. The molecule has 1 heteroatoms. The van der Waals surface area contributed by atoms with Crippen LogP contribution in [0.3, 0.4) is 0 Å². The molecule has 16 heavy (non-hydrogen) atoms. The highest BCUT2D eigenvalue weighted by molar-refractivity contribution is 5.25.